The van der Waals surface area contributed by atoms with E-state index in [1.54, 1.807) is 32.4 Å². The number of hydrogen-bond acceptors (Lipinski definition) is 13. The molecule has 63 heavy (non-hydrogen) atoms. The Kier molecular flexibility index (Phi) is 18.2. The van der Waals surface area contributed by atoms with Crippen molar-refractivity contribution in [3.63, 3.8) is 0 Å². The molecule has 2 unspecified atom stereocenters. The number of benzene rings is 5. The summed E-state index contributed by atoms with van der Waals surface area (Å²) in [6.45, 7) is 8.50. The third kappa shape index (κ3) is 13.4. The lowest BCUT2D eigenvalue weighted by molar-refractivity contribution is -0.386. The van der Waals surface area contributed by atoms with E-state index in [2.05, 4.69) is 6.07 Å². The van der Waals surface area contributed by atoms with Crippen LogP contribution in [0.2, 0.25) is 0 Å². The molecule has 5 aromatic carbocycles. The number of nitro groups is 2. The van der Waals surface area contributed by atoms with Crippen molar-refractivity contribution < 1.29 is 42.6 Å². The van der Waals surface area contributed by atoms with Crippen molar-refractivity contribution in [3.8, 4) is 29.1 Å². The molecule has 0 fully saturated rings. The minimum Gasteiger partial charge on any atom is -0.497 e. The van der Waals surface area contributed by atoms with Crippen LogP contribution >= 0.6 is 8.53 Å². The first-order valence-electron chi connectivity index (χ1n) is 20.4. The zero-order valence-corrected chi connectivity index (χ0v) is 37.1. The third-order valence-electron chi connectivity index (χ3n) is 9.76. The van der Waals surface area contributed by atoms with Crippen LogP contribution < -0.4 is 18.9 Å². The van der Waals surface area contributed by atoms with Gasteiger partial charge in [-0.3, -0.25) is 20.2 Å². The molecule has 0 amide bonds. The monoisotopic (exact) mass is 880 g/mol. The number of ether oxygens (including phenoxy) is 5. The van der Waals surface area contributed by atoms with Gasteiger partial charge in [0.15, 0.2) is 0 Å². The van der Waals surface area contributed by atoms with Crippen LogP contribution in [0.25, 0.3) is 0 Å². The second kappa shape index (κ2) is 23.9. The minimum absolute atomic E-state index is 0.0591. The first-order chi connectivity index (χ1) is 30.4. The Balaban J connectivity index is 1.33. The van der Waals surface area contributed by atoms with E-state index in [0.717, 1.165) is 11.1 Å². The van der Waals surface area contributed by atoms with Gasteiger partial charge in [-0.25, -0.2) is 4.67 Å². The van der Waals surface area contributed by atoms with Crippen LogP contribution in [-0.2, 0) is 20.4 Å². The van der Waals surface area contributed by atoms with Crippen LogP contribution in [0.3, 0.4) is 0 Å². The van der Waals surface area contributed by atoms with Crippen LogP contribution in [-0.4, -0.2) is 60.6 Å². The lowest BCUT2D eigenvalue weighted by Gasteiger charge is -2.35. The van der Waals surface area contributed by atoms with Crippen LogP contribution in [0.15, 0.2) is 115 Å². The van der Waals surface area contributed by atoms with E-state index >= 15 is 0 Å². The normalized spacial score (nSPS) is 12.3. The number of nitrogens with zero attached hydrogens (tertiary/aromatic N) is 4. The van der Waals surface area contributed by atoms with Gasteiger partial charge >= 0.3 is 0 Å². The molecule has 16 heteroatoms. The lowest BCUT2D eigenvalue weighted by Crippen LogP contribution is -2.33. The molecule has 332 valence electrons. The van der Waals surface area contributed by atoms with Gasteiger partial charge in [-0.15, -0.1) is 0 Å². The summed E-state index contributed by atoms with van der Waals surface area (Å²) in [5.74, 6) is 2.14. The zero-order valence-electron chi connectivity index (χ0n) is 36.2. The highest BCUT2D eigenvalue weighted by atomic mass is 31.2. The second-order valence-electron chi connectivity index (χ2n) is 14.7. The molecule has 15 nitrogen and oxygen atoms in total. The summed E-state index contributed by atoms with van der Waals surface area (Å²) in [6.07, 6.45) is -0.947. The maximum Gasteiger partial charge on any atom is 0.275 e. The lowest BCUT2D eigenvalue weighted by atomic mass is 9.96. The van der Waals surface area contributed by atoms with Crippen LogP contribution in [0, 0.1) is 31.6 Å². The first-order valence-corrected chi connectivity index (χ1v) is 21.6. The molecule has 0 saturated heterocycles. The summed E-state index contributed by atoms with van der Waals surface area (Å²) in [6, 6.07) is 35.5. The molecule has 0 aliphatic rings. The van der Waals surface area contributed by atoms with Crippen LogP contribution in [0.4, 0.5) is 11.4 Å². The van der Waals surface area contributed by atoms with E-state index < -0.39 is 30.6 Å². The van der Waals surface area contributed by atoms with Gasteiger partial charge in [0.05, 0.1) is 74.1 Å². The fraction of sp³-hybridized carbons (Fsp3) is 0.340. The Morgan fingerprint density at radius 1 is 0.635 bits per heavy atom. The van der Waals surface area contributed by atoms with E-state index in [1.165, 1.54) is 18.2 Å². The molecule has 0 radical (unpaired) electrons. The molecule has 5 rings (SSSR count). The Bertz CT molecular complexity index is 2220. The smallest absolute Gasteiger partial charge is 0.275 e. The summed E-state index contributed by atoms with van der Waals surface area (Å²) in [5, 5.41) is 33.6. The van der Waals surface area contributed by atoms with Crippen molar-refractivity contribution in [1.29, 1.82) is 5.26 Å². The van der Waals surface area contributed by atoms with Gasteiger partial charge in [-0.1, -0.05) is 54.6 Å². The van der Waals surface area contributed by atoms with Gasteiger partial charge in [-0.05, 0) is 92.9 Å². The highest BCUT2D eigenvalue weighted by molar-refractivity contribution is 7.44. The van der Waals surface area contributed by atoms with Crippen molar-refractivity contribution in [3.05, 3.63) is 163 Å². The van der Waals surface area contributed by atoms with E-state index in [0.29, 0.717) is 46.1 Å². The Morgan fingerprint density at radius 3 is 1.65 bits per heavy atom. The highest BCUT2D eigenvalue weighted by Gasteiger charge is 2.31. The summed E-state index contributed by atoms with van der Waals surface area (Å²) in [7, 11) is 1.56. The number of nitro benzene ring substituents is 2. The zero-order chi connectivity index (χ0) is 45.3. The average Bonchev–Trinajstić information content (AvgIpc) is 3.28. The summed E-state index contributed by atoms with van der Waals surface area (Å²) >= 11 is 0. The maximum atomic E-state index is 12.6. The Labute approximate surface area is 369 Å². The van der Waals surface area contributed by atoms with Crippen molar-refractivity contribution >= 4 is 19.9 Å². The fourth-order valence-electron chi connectivity index (χ4n) is 6.82. The molecule has 2 atom stereocenters. The molecule has 0 bridgehead atoms. The van der Waals surface area contributed by atoms with Gasteiger partial charge in [0.2, 0.25) is 0 Å². The van der Waals surface area contributed by atoms with Crippen molar-refractivity contribution in [2.24, 2.45) is 0 Å². The standard InChI is InChI=1S/C47H53N4O11P/c1-33(2)49(34(3)4)63(60-29-10-26-48)61-32-38-30-41(22-24-44(38)50(52)53)58-27-11-28-59-42-23-25-45(51(54)55)43(31-42)47(35-12-8-7-9-13-35)62-46(36-14-18-39(56-5)19-15-36)37-16-20-40(57-6)21-17-37/h7-9,12-25,30-31,33-34,46-47H,10-11,27-29,32H2,1-6H3. The number of rotatable bonds is 25. The van der Waals surface area contributed by atoms with Crippen LogP contribution in [0.1, 0.15) is 80.6 Å². The molecule has 0 N–H and O–H groups in total. The predicted molar refractivity (Wildman–Crippen MR) is 239 cm³/mol. The van der Waals surface area contributed by atoms with E-state index in [-0.39, 0.29) is 56.3 Å². The topological polar surface area (TPSA) is 178 Å². The van der Waals surface area contributed by atoms with E-state index in [9.17, 15) is 20.2 Å². The SMILES string of the molecule is COc1ccc(C(OC(c2ccccc2)c2cc(OCCCOc3ccc([N+](=O)[O-])c(COP(OCCC#N)N(C(C)C)C(C)C)c3)ccc2[N+](=O)[O-])c2ccc(OC)cc2)cc1. The fourth-order valence-corrected chi connectivity index (χ4v) is 8.42. The molecule has 5 aromatic rings. The van der Waals surface area contributed by atoms with E-state index in [4.69, 9.17) is 38.0 Å². The molecule has 0 spiro atoms. The highest BCUT2D eigenvalue weighted by Crippen LogP contribution is 2.47. The van der Waals surface area contributed by atoms with Crippen molar-refractivity contribution in [2.45, 2.75) is 71.4 Å². The molecule has 0 aliphatic carbocycles. The van der Waals surface area contributed by atoms with E-state index in [1.807, 2.05) is 111 Å². The molecule has 0 heterocycles. The summed E-state index contributed by atoms with van der Waals surface area (Å²) < 4.78 is 44.1. The first kappa shape index (κ1) is 47.9. The van der Waals surface area contributed by atoms with Gasteiger partial charge in [0.1, 0.15) is 35.2 Å². The van der Waals surface area contributed by atoms with Crippen molar-refractivity contribution in [2.75, 3.05) is 34.0 Å². The Hall–Kier alpha value is -6.14. The largest absolute Gasteiger partial charge is 0.497 e. The van der Waals surface area contributed by atoms with Crippen molar-refractivity contribution in [1.82, 2.24) is 4.67 Å². The minimum atomic E-state index is -1.62. The molecule has 0 aliphatic heterocycles. The predicted octanol–water partition coefficient (Wildman–Crippen LogP) is 11.1. The molecule has 0 saturated carbocycles. The van der Waals surface area contributed by atoms with Gasteiger partial charge in [-0.2, -0.15) is 5.26 Å². The summed E-state index contributed by atoms with van der Waals surface area (Å²) in [4.78, 5) is 23.6. The maximum absolute atomic E-state index is 12.6. The average molecular weight is 881 g/mol. The third-order valence-corrected chi connectivity index (χ3v) is 11.8. The molecule has 0 aromatic heterocycles. The van der Waals surface area contributed by atoms with Crippen LogP contribution in [0.5, 0.6) is 23.0 Å². The van der Waals surface area contributed by atoms with Gasteiger partial charge < -0.3 is 32.7 Å². The number of hydrogen-bond donors (Lipinski definition) is 0. The van der Waals surface area contributed by atoms with Gasteiger partial charge in [0, 0.05) is 30.6 Å². The number of nitriles is 1. The summed E-state index contributed by atoms with van der Waals surface area (Å²) in [5.41, 5.74) is 2.67. The second-order valence-corrected chi connectivity index (χ2v) is 16.2. The Morgan fingerprint density at radius 2 is 1.14 bits per heavy atom. The van der Waals surface area contributed by atoms with Gasteiger partial charge in [0.25, 0.3) is 19.9 Å². The molecular weight excluding hydrogens is 828 g/mol. The molecular formula is C47H53N4O11P. The number of methoxy groups -OCH3 is 2. The quantitative estimate of drug-likeness (QED) is 0.0234.